The summed E-state index contributed by atoms with van der Waals surface area (Å²) in [6.07, 6.45) is 0.312. The molecule has 1 saturated heterocycles. The summed E-state index contributed by atoms with van der Waals surface area (Å²) in [4.78, 5) is 18.1. The number of H-pyrrole nitrogens is 1. The molecule has 0 saturated carbocycles. The van der Waals surface area contributed by atoms with Crippen LogP contribution in [0, 0.1) is 0 Å². The third-order valence-corrected chi connectivity index (χ3v) is 5.53. The number of benzene rings is 1. The molecular formula is C21H29N3O4. The molecule has 3 heterocycles. The van der Waals surface area contributed by atoms with E-state index < -0.39 is 23.5 Å². The maximum atomic E-state index is 13.0. The van der Waals surface area contributed by atoms with Crippen LogP contribution in [0.4, 0.5) is 4.79 Å². The highest BCUT2D eigenvalue weighted by Gasteiger charge is 2.51. The normalized spacial score (nSPS) is 25.1. The molecule has 1 aromatic carbocycles. The van der Waals surface area contributed by atoms with Gasteiger partial charge in [-0.3, -0.25) is 4.90 Å². The summed E-state index contributed by atoms with van der Waals surface area (Å²) in [6.45, 7) is 10.1. The smallest absolute Gasteiger partial charge is 0.412 e. The van der Waals surface area contributed by atoms with E-state index in [0.29, 0.717) is 13.2 Å². The summed E-state index contributed by atoms with van der Waals surface area (Å²) in [6, 6.07) is 7.35. The minimum Gasteiger partial charge on any atom is -0.444 e. The quantitative estimate of drug-likeness (QED) is 0.778. The molecule has 7 nitrogen and oxygen atoms in total. The third-order valence-electron chi connectivity index (χ3n) is 5.53. The van der Waals surface area contributed by atoms with Gasteiger partial charge in [-0.2, -0.15) is 5.06 Å². The second-order valence-electron chi connectivity index (χ2n) is 9.10. The Morgan fingerprint density at radius 3 is 2.75 bits per heavy atom. The number of hydrogen-bond acceptors (Lipinski definition) is 5. The first kappa shape index (κ1) is 19.2. The molecule has 152 valence electrons. The maximum absolute atomic E-state index is 13.0. The number of nitrogens with zero attached hydrogens (tertiary/aromatic N) is 2. The highest BCUT2D eigenvalue weighted by atomic mass is 16.6. The van der Waals surface area contributed by atoms with Crippen molar-refractivity contribution in [3.63, 3.8) is 0 Å². The molecule has 1 aromatic heterocycles. The number of rotatable bonds is 1. The van der Waals surface area contributed by atoms with Gasteiger partial charge < -0.3 is 19.7 Å². The number of carbonyl (C=O) groups is 1. The van der Waals surface area contributed by atoms with Gasteiger partial charge in [0.2, 0.25) is 0 Å². The highest BCUT2D eigenvalue weighted by molar-refractivity contribution is 5.85. The predicted octanol–water partition coefficient (Wildman–Crippen LogP) is 3.83. The molecule has 0 radical (unpaired) electrons. The third kappa shape index (κ3) is 3.17. The molecule has 2 aliphatic heterocycles. The van der Waals surface area contributed by atoms with Crippen molar-refractivity contribution in [3.8, 4) is 0 Å². The lowest BCUT2D eigenvalue weighted by atomic mass is 9.93. The molecule has 2 aromatic rings. The number of amides is 1. The van der Waals surface area contributed by atoms with Gasteiger partial charge in [0.15, 0.2) is 0 Å². The summed E-state index contributed by atoms with van der Waals surface area (Å²) in [5, 5.41) is 13.3. The molecule has 2 aliphatic rings. The Kier molecular flexibility index (Phi) is 4.45. The van der Waals surface area contributed by atoms with Crippen LogP contribution < -0.4 is 0 Å². The molecule has 28 heavy (non-hydrogen) atoms. The molecule has 2 atom stereocenters. The van der Waals surface area contributed by atoms with Crippen LogP contribution in [0.5, 0.6) is 0 Å². The van der Waals surface area contributed by atoms with E-state index in [0.717, 1.165) is 23.0 Å². The number of ether oxygens (including phenoxy) is 2. The first-order chi connectivity index (χ1) is 13.1. The van der Waals surface area contributed by atoms with E-state index in [1.807, 2.05) is 52.8 Å². The lowest BCUT2D eigenvalue weighted by Gasteiger charge is -2.41. The molecule has 4 rings (SSSR count). The van der Waals surface area contributed by atoms with E-state index in [1.165, 1.54) is 10.6 Å². The fourth-order valence-corrected chi connectivity index (χ4v) is 4.38. The molecule has 1 fully saturated rings. The monoisotopic (exact) mass is 387 g/mol. The summed E-state index contributed by atoms with van der Waals surface area (Å²) < 4.78 is 11.6. The van der Waals surface area contributed by atoms with Crippen molar-refractivity contribution in [2.45, 2.75) is 64.4 Å². The van der Waals surface area contributed by atoms with Crippen LogP contribution >= 0.6 is 0 Å². The zero-order valence-electron chi connectivity index (χ0n) is 17.2. The molecule has 0 unspecified atom stereocenters. The molecule has 1 amide bonds. The Bertz CT molecular complexity index is 899. The van der Waals surface area contributed by atoms with Crippen LogP contribution in [-0.4, -0.2) is 56.8 Å². The van der Waals surface area contributed by atoms with Crippen LogP contribution in [0.1, 0.15) is 51.9 Å². The lowest BCUT2D eigenvalue weighted by Crippen LogP contribution is -2.54. The lowest BCUT2D eigenvalue weighted by molar-refractivity contribution is -0.152. The second kappa shape index (κ2) is 6.47. The topological polar surface area (TPSA) is 78.0 Å². The number of aromatic nitrogens is 1. The highest BCUT2D eigenvalue weighted by Crippen LogP contribution is 2.42. The van der Waals surface area contributed by atoms with Gasteiger partial charge in [-0.15, -0.1) is 0 Å². The van der Waals surface area contributed by atoms with Crippen molar-refractivity contribution in [2.75, 3.05) is 13.2 Å². The van der Waals surface area contributed by atoms with Crippen molar-refractivity contribution in [1.29, 1.82) is 0 Å². The fourth-order valence-electron chi connectivity index (χ4n) is 4.38. The Labute approximate surface area is 165 Å². The number of fused-ring (bicyclic) bond motifs is 3. The van der Waals surface area contributed by atoms with Crippen molar-refractivity contribution in [2.24, 2.45) is 0 Å². The summed E-state index contributed by atoms with van der Waals surface area (Å²) in [5.74, 6) is 0. The van der Waals surface area contributed by atoms with Gasteiger partial charge in [0.1, 0.15) is 11.3 Å². The number of hydrogen-bond donors (Lipinski definition) is 2. The molecule has 2 N–H and O–H groups in total. The van der Waals surface area contributed by atoms with Crippen LogP contribution in [0.3, 0.4) is 0 Å². The molecule has 0 spiro atoms. The Balaban J connectivity index is 1.76. The summed E-state index contributed by atoms with van der Waals surface area (Å²) in [7, 11) is 0. The van der Waals surface area contributed by atoms with Gasteiger partial charge in [0.25, 0.3) is 0 Å². The first-order valence-corrected chi connectivity index (χ1v) is 9.80. The van der Waals surface area contributed by atoms with E-state index >= 15 is 0 Å². The first-order valence-electron chi connectivity index (χ1n) is 9.80. The Hall–Kier alpha value is -2.09. The van der Waals surface area contributed by atoms with Crippen LogP contribution in [0.25, 0.3) is 10.9 Å². The van der Waals surface area contributed by atoms with Gasteiger partial charge in [-0.05, 0) is 52.7 Å². The number of hydroxylamine groups is 2. The minimum atomic E-state index is -0.822. The number of nitrogens with one attached hydrogen (secondary N) is 1. The standard InChI is InChI=1S/C21H29N3O4/c1-20(2,3)28-19(25)24-16(12-27-21(24,4)5)18-17-14(10-11-23(18)26)13-8-6-7-9-15(13)22-17/h6-9,16,18,22,26H,10-12H2,1-5H3/t16-,18+/m0/s1. The van der Waals surface area contributed by atoms with Crippen LogP contribution in [-0.2, 0) is 15.9 Å². The SMILES string of the molecule is CC(C)(C)OC(=O)N1[C@H]([C@@H]2c3[nH]c4ccccc4c3CCN2O)COC1(C)C. The molecule has 0 bridgehead atoms. The fraction of sp³-hybridized carbons (Fsp3) is 0.571. The van der Waals surface area contributed by atoms with E-state index in [-0.39, 0.29) is 6.04 Å². The van der Waals surface area contributed by atoms with E-state index in [1.54, 1.807) is 4.90 Å². The van der Waals surface area contributed by atoms with E-state index in [9.17, 15) is 10.0 Å². The van der Waals surface area contributed by atoms with Crippen LogP contribution in [0.2, 0.25) is 0 Å². The van der Waals surface area contributed by atoms with Gasteiger partial charge in [-0.1, -0.05) is 18.2 Å². The maximum Gasteiger partial charge on any atom is 0.412 e. The molecular weight excluding hydrogens is 358 g/mol. The predicted molar refractivity (Wildman–Crippen MR) is 105 cm³/mol. The van der Waals surface area contributed by atoms with Crippen molar-refractivity contribution in [3.05, 3.63) is 35.5 Å². The largest absolute Gasteiger partial charge is 0.444 e. The average Bonchev–Trinajstić information content (AvgIpc) is 3.10. The minimum absolute atomic E-state index is 0.322. The Morgan fingerprint density at radius 1 is 1.32 bits per heavy atom. The van der Waals surface area contributed by atoms with Gasteiger partial charge in [0, 0.05) is 23.1 Å². The van der Waals surface area contributed by atoms with Gasteiger partial charge in [-0.25, -0.2) is 4.79 Å². The zero-order valence-corrected chi connectivity index (χ0v) is 17.2. The molecule has 0 aliphatic carbocycles. The average molecular weight is 387 g/mol. The number of para-hydroxylation sites is 1. The summed E-state index contributed by atoms with van der Waals surface area (Å²) >= 11 is 0. The van der Waals surface area contributed by atoms with Gasteiger partial charge >= 0.3 is 6.09 Å². The molecule has 7 heteroatoms. The number of aromatic amines is 1. The van der Waals surface area contributed by atoms with E-state index in [4.69, 9.17) is 9.47 Å². The zero-order chi connectivity index (χ0) is 20.3. The van der Waals surface area contributed by atoms with Crippen molar-refractivity contribution in [1.82, 2.24) is 14.9 Å². The van der Waals surface area contributed by atoms with Crippen LogP contribution in [0.15, 0.2) is 24.3 Å². The van der Waals surface area contributed by atoms with Gasteiger partial charge in [0.05, 0.1) is 18.7 Å². The van der Waals surface area contributed by atoms with Crippen molar-refractivity contribution < 1.29 is 19.5 Å². The number of carbonyl (C=O) groups excluding carboxylic acids is 1. The summed E-state index contributed by atoms with van der Waals surface area (Å²) in [5.41, 5.74) is 1.74. The second-order valence-corrected chi connectivity index (χ2v) is 9.10. The Morgan fingerprint density at radius 2 is 2.04 bits per heavy atom. The van der Waals surface area contributed by atoms with Crippen molar-refractivity contribution >= 4 is 17.0 Å². The van der Waals surface area contributed by atoms with E-state index in [2.05, 4.69) is 11.1 Å².